The second-order valence-corrected chi connectivity index (χ2v) is 11.5. The summed E-state index contributed by atoms with van der Waals surface area (Å²) >= 11 is 0. The minimum atomic E-state index is 0.629. The lowest BCUT2D eigenvalue weighted by Crippen LogP contribution is -2.01. The minimum Gasteiger partial charge on any atom is -0.265 e. The Morgan fingerprint density at radius 2 is 0.667 bits per heavy atom. The Bertz CT molecular complexity index is 2250. The van der Waals surface area contributed by atoms with Gasteiger partial charge in [0.25, 0.3) is 0 Å². The maximum atomic E-state index is 5.07. The molecule has 0 N–H and O–H groups in total. The lowest BCUT2D eigenvalue weighted by Gasteiger charge is -2.17. The summed E-state index contributed by atoms with van der Waals surface area (Å²) in [6.45, 7) is 0. The fraction of sp³-hybridized carbons (Fsp3) is 0. The first kappa shape index (κ1) is 28.9. The summed E-state index contributed by atoms with van der Waals surface area (Å²) in [6, 6.07) is 58.7. The summed E-state index contributed by atoms with van der Waals surface area (Å²) < 4.78 is 0. The van der Waals surface area contributed by atoms with Gasteiger partial charge in [0.2, 0.25) is 0 Å². The second kappa shape index (κ2) is 13.1. The van der Waals surface area contributed by atoms with Gasteiger partial charge in [0, 0.05) is 29.1 Å². The molecule has 0 fully saturated rings. The van der Waals surface area contributed by atoms with Crippen LogP contribution in [0.3, 0.4) is 0 Å². The molecule has 0 bridgehead atoms. The van der Waals surface area contributed by atoms with Gasteiger partial charge in [-0.2, -0.15) is 0 Å². The van der Waals surface area contributed by atoms with Crippen molar-refractivity contribution in [1.29, 1.82) is 0 Å². The van der Waals surface area contributed by atoms with Crippen LogP contribution in [0.15, 0.2) is 182 Å². The molecule has 6 aromatic carbocycles. The SMILES string of the molecule is c1ccc(-c2nc(-c3ccccc3)nc(-c3ccc(-c4ccc(-c5ccncc5)cc4-c4ccccc4)cc3-c3ccccc3)n2)cc1. The number of nitrogens with zero attached hydrogens (tertiary/aromatic N) is 4. The zero-order valence-corrected chi connectivity index (χ0v) is 26.1. The maximum Gasteiger partial charge on any atom is 0.164 e. The van der Waals surface area contributed by atoms with Crippen molar-refractivity contribution < 1.29 is 0 Å². The molecule has 4 nitrogen and oxygen atoms in total. The Balaban J connectivity index is 1.33. The highest BCUT2D eigenvalue weighted by molar-refractivity contribution is 5.91. The van der Waals surface area contributed by atoms with E-state index in [-0.39, 0.29) is 0 Å². The van der Waals surface area contributed by atoms with Gasteiger partial charge in [-0.15, -0.1) is 0 Å². The van der Waals surface area contributed by atoms with Crippen molar-refractivity contribution in [3.8, 4) is 78.7 Å². The molecular weight excluding hydrogens is 585 g/mol. The topological polar surface area (TPSA) is 51.6 Å². The van der Waals surface area contributed by atoms with Gasteiger partial charge in [0.15, 0.2) is 17.5 Å². The number of pyridine rings is 1. The summed E-state index contributed by atoms with van der Waals surface area (Å²) in [5.74, 6) is 1.91. The molecule has 0 aliphatic rings. The molecule has 0 saturated carbocycles. The van der Waals surface area contributed by atoms with Crippen LogP contribution in [-0.4, -0.2) is 19.9 Å². The molecule has 2 heterocycles. The quantitative estimate of drug-likeness (QED) is 0.179. The Hall–Kier alpha value is -6.52. The van der Waals surface area contributed by atoms with E-state index in [1.54, 1.807) is 0 Å². The molecule has 2 aromatic heterocycles. The fourth-order valence-electron chi connectivity index (χ4n) is 6.07. The highest BCUT2D eigenvalue weighted by Crippen LogP contribution is 2.40. The van der Waals surface area contributed by atoms with Gasteiger partial charge >= 0.3 is 0 Å². The Kier molecular flexibility index (Phi) is 7.87. The van der Waals surface area contributed by atoms with Crippen LogP contribution in [0.4, 0.5) is 0 Å². The smallest absolute Gasteiger partial charge is 0.164 e. The molecule has 0 radical (unpaired) electrons. The first-order valence-corrected chi connectivity index (χ1v) is 16.0. The molecule has 8 rings (SSSR count). The molecule has 4 heteroatoms. The van der Waals surface area contributed by atoms with E-state index in [4.69, 9.17) is 15.0 Å². The summed E-state index contributed by atoms with van der Waals surface area (Å²) in [7, 11) is 0. The highest BCUT2D eigenvalue weighted by atomic mass is 15.0. The van der Waals surface area contributed by atoms with E-state index in [9.17, 15) is 0 Å². The van der Waals surface area contributed by atoms with Crippen molar-refractivity contribution in [2.45, 2.75) is 0 Å². The van der Waals surface area contributed by atoms with Crippen molar-refractivity contribution in [2.75, 3.05) is 0 Å². The van der Waals surface area contributed by atoms with Gasteiger partial charge in [-0.05, 0) is 74.8 Å². The average Bonchev–Trinajstić information content (AvgIpc) is 3.19. The zero-order valence-electron chi connectivity index (χ0n) is 26.1. The van der Waals surface area contributed by atoms with E-state index in [1.165, 1.54) is 0 Å². The third-order valence-electron chi connectivity index (χ3n) is 8.47. The zero-order chi connectivity index (χ0) is 32.1. The van der Waals surface area contributed by atoms with E-state index in [0.717, 1.165) is 61.2 Å². The molecular formula is C44H30N4. The third-order valence-corrected chi connectivity index (χ3v) is 8.47. The molecule has 0 amide bonds. The molecule has 226 valence electrons. The molecule has 0 atom stereocenters. The van der Waals surface area contributed by atoms with E-state index in [1.807, 2.05) is 91.3 Å². The lowest BCUT2D eigenvalue weighted by molar-refractivity contribution is 1.07. The summed E-state index contributed by atoms with van der Waals surface area (Å²) in [5.41, 5.74) is 11.8. The molecule has 0 spiro atoms. The van der Waals surface area contributed by atoms with Gasteiger partial charge in [-0.25, -0.2) is 15.0 Å². The Labute approximate surface area is 280 Å². The summed E-state index contributed by atoms with van der Waals surface area (Å²) in [5, 5.41) is 0. The maximum absolute atomic E-state index is 5.07. The monoisotopic (exact) mass is 614 g/mol. The largest absolute Gasteiger partial charge is 0.265 e. The number of rotatable bonds is 7. The van der Waals surface area contributed by atoms with E-state index >= 15 is 0 Å². The molecule has 8 aromatic rings. The van der Waals surface area contributed by atoms with Gasteiger partial charge in [0.1, 0.15) is 0 Å². The molecule has 48 heavy (non-hydrogen) atoms. The van der Waals surface area contributed by atoms with Gasteiger partial charge < -0.3 is 0 Å². The van der Waals surface area contributed by atoms with Crippen molar-refractivity contribution >= 4 is 0 Å². The Morgan fingerprint density at radius 3 is 1.21 bits per heavy atom. The van der Waals surface area contributed by atoms with Crippen LogP contribution >= 0.6 is 0 Å². The van der Waals surface area contributed by atoms with Crippen LogP contribution in [0.5, 0.6) is 0 Å². The molecule has 0 saturated heterocycles. The van der Waals surface area contributed by atoms with Crippen LogP contribution in [0.2, 0.25) is 0 Å². The van der Waals surface area contributed by atoms with Crippen molar-refractivity contribution in [2.24, 2.45) is 0 Å². The number of aromatic nitrogens is 4. The summed E-state index contributed by atoms with van der Waals surface area (Å²) in [4.78, 5) is 19.3. The number of hydrogen-bond donors (Lipinski definition) is 0. The summed E-state index contributed by atoms with van der Waals surface area (Å²) in [6.07, 6.45) is 3.67. The first-order valence-electron chi connectivity index (χ1n) is 16.0. The predicted octanol–water partition coefficient (Wildman–Crippen LogP) is 10.9. The van der Waals surface area contributed by atoms with Crippen LogP contribution < -0.4 is 0 Å². The normalized spacial score (nSPS) is 10.9. The molecule has 0 aliphatic carbocycles. The van der Waals surface area contributed by atoms with Crippen molar-refractivity contribution in [3.63, 3.8) is 0 Å². The van der Waals surface area contributed by atoms with Crippen molar-refractivity contribution in [1.82, 2.24) is 19.9 Å². The second-order valence-electron chi connectivity index (χ2n) is 11.5. The number of hydrogen-bond acceptors (Lipinski definition) is 4. The van der Waals surface area contributed by atoms with Gasteiger partial charge in [0.05, 0.1) is 0 Å². The third kappa shape index (κ3) is 5.91. The first-order chi connectivity index (χ1) is 23.8. The van der Waals surface area contributed by atoms with Crippen LogP contribution in [0, 0.1) is 0 Å². The molecule has 0 unspecified atom stereocenters. The van der Waals surface area contributed by atoms with Gasteiger partial charge in [-0.3, -0.25) is 4.98 Å². The van der Waals surface area contributed by atoms with Crippen LogP contribution in [-0.2, 0) is 0 Å². The van der Waals surface area contributed by atoms with Crippen LogP contribution in [0.25, 0.3) is 78.7 Å². The standard InChI is InChI=1S/C44H30N4/c1-5-13-32(14-6-1)40-29-36(31-25-27-45-28-26-31)21-23-38(40)37-22-24-39(41(30-37)33-15-7-2-8-16-33)44-47-42(34-17-9-3-10-18-34)46-43(48-44)35-19-11-4-12-20-35/h1-30H. The fourth-order valence-corrected chi connectivity index (χ4v) is 6.07. The minimum absolute atomic E-state index is 0.629. The van der Waals surface area contributed by atoms with Gasteiger partial charge in [-0.1, -0.05) is 140 Å². The lowest BCUT2D eigenvalue weighted by atomic mass is 9.88. The van der Waals surface area contributed by atoms with E-state index < -0.39 is 0 Å². The van der Waals surface area contributed by atoms with Crippen LogP contribution in [0.1, 0.15) is 0 Å². The average molecular weight is 615 g/mol. The number of benzene rings is 6. The Morgan fingerprint density at radius 1 is 0.250 bits per heavy atom. The van der Waals surface area contributed by atoms with E-state index in [2.05, 4.69) is 96.0 Å². The van der Waals surface area contributed by atoms with E-state index in [0.29, 0.717) is 17.5 Å². The highest BCUT2D eigenvalue weighted by Gasteiger charge is 2.18. The molecule has 0 aliphatic heterocycles. The van der Waals surface area contributed by atoms with Crippen molar-refractivity contribution in [3.05, 3.63) is 182 Å². The predicted molar refractivity (Wildman–Crippen MR) is 196 cm³/mol.